The Hall–Kier alpha value is -1.58. The number of rotatable bonds is 1. The van der Waals surface area contributed by atoms with Gasteiger partial charge in [-0.05, 0) is 19.9 Å². The summed E-state index contributed by atoms with van der Waals surface area (Å²) >= 11 is 0. The van der Waals surface area contributed by atoms with Crippen molar-refractivity contribution in [2.75, 3.05) is 5.73 Å². The van der Waals surface area contributed by atoms with Gasteiger partial charge in [0.15, 0.2) is 0 Å². The van der Waals surface area contributed by atoms with Crippen LogP contribution in [0.2, 0.25) is 0 Å². The van der Waals surface area contributed by atoms with E-state index in [0.717, 1.165) is 11.0 Å². The first-order valence-corrected chi connectivity index (χ1v) is 5.27. The van der Waals surface area contributed by atoms with Gasteiger partial charge in [0.2, 0.25) is 0 Å². The summed E-state index contributed by atoms with van der Waals surface area (Å²) in [5, 5.41) is 0.927. The van der Waals surface area contributed by atoms with Crippen molar-refractivity contribution in [2.45, 2.75) is 33.7 Å². The van der Waals surface area contributed by atoms with E-state index in [9.17, 15) is 0 Å². The molecule has 4 heteroatoms. The maximum atomic E-state index is 5.71. The van der Waals surface area contributed by atoms with Crippen molar-refractivity contribution in [1.29, 1.82) is 0 Å². The smallest absolute Gasteiger partial charge is 0.145 e. The lowest BCUT2D eigenvalue weighted by molar-refractivity contribution is 0.617. The average molecular weight is 206 g/mol. The molecule has 0 radical (unpaired) electrons. The SMILES string of the molecule is CC.CC(C)n1ccc2c(N)ncnc21. The lowest BCUT2D eigenvalue weighted by Gasteiger charge is -2.07. The molecule has 0 unspecified atom stereocenters. The van der Waals surface area contributed by atoms with Crippen LogP contribution >= 0.6 is 0 Å². The van der Waals surface area contributed by atoms with Crippen molar-refractivity contribution in [3.05, 3.63) is 18.6 Å². The normalized spacial score (nSPS) is 10.2. The lowest BCUT2D eigenvalue weighted by atomic mass is 10.4. The number of nitrogens with zero attached hydrogens (tertiary/aromatic N) is 3. The second-order valence-electron chi connectivity index (χ2n) is 3.31. The number of hydrogen-bond donors (Lipinski definition) is 1. The quantitative estimate of drug-likeness (QED) is 0.780. The largest absolute Gasteiger partial charge is 0.383 e. The zero-order valence-corrected chi connectivity index (χ0v) is 9.73. The van der Waals surface area contributed by atoms with Crippen LogP contribution in [0.15, 0.2) is 18.6 Å². The fraction of sp³-hybridized carbons (Fsp3) is 0.455. The summed E-state index contributed by atoms with van der Waals surface area (Å²) in [5.41, 5.74) is 6.61. The first-order chi connectivity index (χ1) is 7.20. The van der Waals surface area contributed by atoms with Crippen LogP contribution < -0.4 is 5.73 Å². The summed E-state index contributed by atoms with van der Waals surface area (Å²) in [6.07, 6.45) is 3.48. The topological polar surface area (TPSA) is 56.7 Å². The van der Waals surface area contributed by atoms with Crippen LogP contribution in [0.1, 0.15) is 33.7 Å². The molecule has 0 aliphatic carbocycles. The molecule has 15 heavy (non-hydrogen) atoms. The molecular weight excluding hydrogens is 188 g/mol. The van der Waals surface area contributed by atoms with Gasteiger partial charge in [-0.1, -0.05) is 13.8 Å². The molecule has 4 nitrogen and oxygen atoms in total. The maximum Gasteiger partial charge on any atom is 0.145 e. The third kappa shape index (κ3) is 2.09. The monoisotopic (exact) mass is 206 g/mol. The molecule has 82 valence electrons. The van der Waals surface area contributed by atoms with Crippen LogP contribution in [-0.2, 0) is 0 Å². The number of fused-ring (bicyclic) bond motifs is 1. The molecule has 0 saturated carbocycles. The summed E-state index contributed by atoms with van der Waals surface area (Å²) in [7, 11) is 0. The van der Waals surface area contributed by atoms with E-state index in [-0.39, 0.29) is 0 Å². The Labute approximate surface area is 90.1 Å². The van der Waals surface area contributed by atoms with Gasteiger partial charge < -0.3 is 10.3 Å². The third-order valence-electron chi connectivity index (χ3n) is 2.10. The van der Waals surface area contributed by atoms with Crippen LogP contribution in [0.5, 0.6) is 0 Å². The second kappa shape index (κ2) is 4.77. The minimum absolute atomic E-state index is 0.395. The van der Waals surface area contributed by atoms with Gasteiger partial charge in [-0.3, -0.25) is 0 Å². The molecule has 0 atom stereocenters. The van der Waals surface area contributed by atoms with Crippen LogP contribution in [0.25, 0.3) is 11.0 Å². The van der Waals surface area contributed by atoms with Crippen molar-refractivity contribution in [1.82, 2.24) is 14.5 Å². The summed E-state index contributed by atoms with van der Waals surface area (Å²) in [4.78, 5) is 8.13. The van der Waals surface area contributed by atoms with Gasteiger partial charge >= 0.3 is 0 Å². The summed E-state index contributed by atoms with van der Waals surface area (Å²) in [6, 6.07) is 2.34. The van der Waals surface area contributed by atoms with Crippen LogP contribution in [0, 0.1) is 0 Å². The van der Waals surface area contributed by atoms with Crippen molar-refractivity contribution in [2.24, 2.45) is 0 Å². The minimum Gasteiger partial charge on any atom is -0.383 e. The molecule has 2 heterocycles. The van der Waals surface area contributed by atoms with Crippen molar-refractivity contribution < 1.29 is 0 Å². The van der Waals surface area contributed by atoms with Gasteiger partial charge in [-0.2, -0.15) is 0 Å². The fourth-order valence-corrected chi connectivity index (χ4v) is 1.41. The Bertz CT molecular complexity index is 431. The molecule has 0 aromatic carbocycles. The Kier molecular flexibility index (Phi) is 3.66. The highest BCUT2D eigenvalue weighted by Gasteiger charge is 2.07. The highest BCUT2D eigenvalue weighted by molar-refractivity contribution is 5.86. The number of anilines is 1. The van der Waals surface area contributed by atoms with Crippen LogP contribution in [0.3, 0.4) is 0 Å². The standard InChI is InChI=1S/C9H12N4.C2H6/c1-6(2)13-4-3-7-8(10)11-5-12-9(7)13;1-2/h3-6H,1-2H3,(H2,10,11,12);1-2H3. The molecule has 2 N–H and O–H groups in total. The summed E-state index contributed by atoms with van der Waals surface area (Å²) < 4.78 is 2.08. The van der Waals surface area contributed by atoms with Crippen molar-refractivity contribution >= 4 is 16.9 Å². The van der Waals surface area contributed by atoms with Crippen molar-refractivity contribution in [3.8, 4) is 0 Å². The van der Waals surface area contributed by atoms with Gasteiger partial charge in [0, 0.05) is 12.2 Å². The minimum atomic E-state index is 0.395. The molecule has 0 bridgehead atoms. The van der Waals surface area contributed by atoms with Gasteiger partial charge in [0.25, 0.3) is 0 Å². The van der Waals surface area contributed by atoms with E-state index in [1.807, 2.05) is 26.1 Å². The number of nitrogen functional groups attached to an aromatic ring is 1. The second-order valence-corrected chi connectivity index (χ2v) is 3.31. The molecule has 0 amide bonds. The van der Waals surface area contributed by atoms with Gasteiger partial charge in [-0.25, -0.2) is 9.97 Å². The molecule has 2 aromatic heterocycles. The van der Waals surface area contributed by atoms with E-state index in [2.05, 4.69) is 28.4 Å². The number of nitrogens with two attached hydrogens (primary N) is 1. The average Bonchev–Trinajstić information content (AvgIpc) is 2.66. The number of aromatic nitrogens is 3. The van der Waals surface area contributed by atoms with E-state index >= 15 is 0 Å². The molecule has 0 aliphatic rings. The Balaban J connectivity index is 0.000000531. The fourth-order valence-electron chi connectivity index (χ4n) is 1.41. The van der Waals surface area contributed by atoms with E-state index < -0.39 is 0 Å². The van der Waals surface area contributed by atoms with Gasteiger partial charge in [0.05, 0.1) is 5.39 Å². The first-order valence-electron chi connectivity index (χ1n) is 5.27. The van der Waals surface area contributed by atoms with Gasteiger partial charge in [-0.15, -0.1) is 0 Å². The molecule has 0 saturated heterocycles. The Morgan fingerprint density at radius 3 is 2.53 bits per heavy atom. The molecule has 2 rings (SSSR count). The zero-order valence-electron chi connectivity index (χ0n) is 9.73. The highest BCUT2D eigenvalue weighted by atomic mass is 15.1. The highest BCUT2D eigenvalue weighted by Crippen LogP contribution is 2.20. The lowest BCUT2D eigenvalue weighted by Crippen LogP contribution is -2.00. The maximum absolute atomic E-state index is 5.71. The van der Waals surface area contributed by atoms with E-state index in [1.165, 1.54) is 6.33 Å². The first kappa shape index (κ1) is 11.5. The van der Waals surface area contributed by atoms with Gasteiger partial charge in [0.1, 0.15) is 17.8 Å². The van der Waals surface area contributed by atoms with Crippen molar-refractivity contribution in [3.63, 3.8) is 0 Å². The van der Waals surface area contributed by atoms with E-state index in [1.54, 1.807) is 0 Å². The molecule has 0 fully saturated rings. The van der Waals surface area contributed by atoms with Crippen LogP contribution in [0.4, 0.5) is 5.82 Å². The third-order valence-corrected chi connectivity index (χ3v) is 2.10. The summed E-state index contributed by atoms with van der Waals surface area (Å²) in [5.74, 6) is 0.546. The number of hydrogen-bond acceptors (Lipinski definition) is 3. The predicted molar refractivity (Wildman–Crippen MR) is 63.7 cm³/mol. The summed E-state index contributed by atoms with van der Waals surface area (Å²) in [6.45, 7) is 8.22. The molecule has 0 aliphatic heterocycles. The molecular formula is C11H18N4. The molecule has 2 aromatic rings. The molecule has 0 spiro atoms. The zero-order chi connectivity index (χ0) is 11.4. The van der Waals surface area contributed by atoms with E-state index in [0.29, 0.717) is 11.9 Å². The van der Waals surface area contributed by atoms with Crippen LogP contribution in [-0.4, -0.2) is 14.5 Å². The Morgan fingerprint density at radius 2 is 1.93 bits per heavy atom. The Morgan fingerprint density at radius 1 is 1.27 bits per heavy atom. The van der Waals surface area contributed by atoms with E-state index in [4.69, 9.17) is 5.73 Å². The predicted octanol–water partition coefficient (Wildman–Crippen LogP) is 2.62.